The molecule has 0 aromatic heterocycles. The highest BCUT2D eigenvalue weighted by Gasteiger charge is 2.18. The van der Waals surface area contributed by atoms with Crippen LogP contribution in [0.15, 0.2) is 22.7 Å². The van der Waals surface area contributed by atoms with Crippen LogP contribution < -0.4 is 5.32 Å². The molecule has 1 saturated heterocycles. The van der Waals surface area contributed by atoms with Gasteiger partial charge < -0.3 is 10.2 Å². The summed E-state index contributed by atoms with van der Waals surface area (Å²) >= 11 is 9.82. The smallest absolute Gasteiger partial charge is 0.0465 e. The third-order valence-electron chi connectivity index (χ3n) is 4.30. The number of hydrogen-bond donors (Lipinski definition) is 1. The number of likely N-dealkylation sites (tertiary alicyclic amines) is 1. The molecule has 0 bridgehead atoms. The zero-order chi connectivity index (χ0) is 14.5. The summed E-state index contributed by atoms with van der Waals surface area (Å²) in [6, 6.07) is 6.49. The van der Waals surface area contributed by atoms with E-state index in [9.17, 15) is 0 Å². The Morgan fingerprint density at radius 2 is 2.10 bits per heavy atom. The summed E-state index contributed by atoms with van der Waals surface area (Å²) in [6.45, 7) is 5.98. The van der Waals surface area contributed by atoms with Crippen molar-refractivity contribution in [3.63, 3.8) is 0 Å². The van der Waals surface area contributed by atoms with E-state index in [2.05, 4.69) is 45.2 Å². The minimum Gasteiger partial charge on any atom is -0.313 e. The molecule has 1 aromatic carbocycles. The van der Waals surface area contributed by atoms with Gasteiger partial charge in [-0.2, -0.15) is 0 Å². The van der Waals surface area contributed by atoms with Gasteiger partial charge in [-0.25, -0.2) is 0 Å². The maximum absolute atomic E-state index is 6.36. The lowest BCUT2D eigenvalue weighted by atomic mass is 9.98. The van der Waals surface area contributed by atoms with E-state index in [0.717, 1.165) is 28.4 Å². The summed E-state index contributed by atoms with van der Waals surface area (Å²) in [4.78, 5) is 2.58. The normalized spacial score (nSPS) is 19.2. The molecule has 0 amide bonds. The highest BCUT2D eigenvalue weighted by atomic mass is 79.9. The molecule has 2 rings (SSSR count). The van der Waals surface area contributed by atoms with Crippen molar-refractivity contribution in [1.82, 2.24) is 10.2 Å². The van der Waals surface area contributed by atoms with E-state index in [1.54, 1.807) is 0 Å². The van der Waals surface area contributed by atoms with Crippen LogP contribution in [0.5, 0.6) is 0 Å². The molecule has 1 atom stereocenters. The molecule has 1 heterocycles. The Hall–Kier alpha value is -0.0900. The van der Waals surface area contributed by atoms with Crippen LogP contribution in [0.4, 0.5) is 0 Å². The molecule has 1 aliphatic rings. The summed E-state index contributed by atoms with van der Waals surface area (Å²) in [5.41, 5.74) is 1.20. The fraction of sp³-hybridized carbons (Fsp3) is 0.625. The number of nitrogens with one attached hydrogen (secondary N) is 1. The van der Waals surface area contributed by atoms with Crippen molar-refractivity contribution in [2.75, 3.05) is 26.7 Å². The summed E-state index contributed by atoms with van der Waals surface area (Å²) in [7, 11) is 2.02. The fourth-order valence-electron chi connectivity index (χ4n) is 2.84. The number of benzene rings is 1. The predicted molar refractivity (Wildman–Crippen MR) is 90.4 cm³/mol. The number of rotatable bonds is 5. The molecule has 2 nitrogen and oxygen atoms in total. The van der Waals surface area contributed by atoms with Gasteiger partial charge in [0.25, 0.3) is 0 Å². The van der Waals surface area contributed by atoms with E-state index in [4.69, 9.17) is 11.6 Å². The second-order valence-corrected chi connectivity index (χ2v) is 7.14. The summed E-state index contributed by atoms with van der Waals surface area (Å²) in [5.74, 6) is 0.896. The Morgan fingerprint density at radius 3 is 2.70 bits per heavy atom. The summed E-state index contributed by atoms with van der Waals surface area (Å²) in [6.07, 6.45) is 3.78. The monoisotopic (exact) mass is 358 g/mol. The lowest BCUT2D eigenvalue weighted by Gasteiger charge is -2.31. The van der Waals surface area contributed by atoms with Crippen LogP contribution in [0.1, 0.15) is 37.8 Å². The average Bonchev–Trinajstić information content (AvgIpc) is 2.43. The number of nitrogens with zero attached hydrogens (tertiary/aromatic N) is 1. The topological polar surface area (TPSA) is 15.3 Å². The summed E-state index contributed by atoms with van der Waals surface area (Å²) in [5, 5.41) is 4.24. The van der Waals surface area contributed by atoms with Gasteiger partial charge in [0.1, 0.15) is 0 Å². The molecule has 0 aliphatic carbocycles. The molecule has 1 N–H and O–H groups in total. The lowest BCUT2D eigenvalue weighted by Crippen LogP contribution is -2.35. The Bertz CT molecular complexity index is 430. The highest BCUT2D eigenvalue weighted by Crippen LogP contribution is 2.28. The van der Waals surface area contributed by atoms with Gasteiger partial charge in [0, 0.05) is 15.5 Å². The van der Waals surface area contributed by atoms with Crippen molar-refractivity contribution in [1.29, 1.82) is 0 Å². The fourth-order valence-corrected chi connectivity index (χ4v) is 3.64. The Balaban J connectivity index is 1.92. The molecule has 0 saturated carbocycles. The van der Waals surface area contributed by atoms with Gasteiger partial charge >= 0.3 is 0 Å². The minimum absolute atomic E-state index is 0.329. The van der Waals surface area contributed by atoms with Gasteiger partial charge in [0.05, 0.1) is 0 Å². The van der Waals surface area contributed by atoms with Crippen molar-refractivity contribution in [2.24, 2.45) is 5.92 Å². The Morgan fingerprint density at radius 1 is 1.40 bits per heavy atom. The molecule has 112 valence electrons. The molecular formula is C16H24BrClN2. The zero-order valence-corrected chi connectivity index (χ0v) is 14.7. The molecule has 0 spiro atoms. The quantitative estimate of drug-likeness (QED) is 0.833. The van der Waals surface area contributed by atoms with Crippen molar-refractivity contribution in [3.8, 4) is 0 Å². The van der Waals surface area contributed by atoms with Crippen LogP contribution in [0.25, 0.3) is 0 Å². The second-order valence-electron chi connectivity index (χ2n) is 5.82. The van der Waals surface area contributed by atoms with Gasteiger partial charge in [0.15, 0.2) is 0 Å². The first kappa shape index (κ1) is 16.3. The average molecular weight is 360 g/mol. The van der Waals surface area contributed by atoms with E-state index >= 15 is 0 Å². The molecule has 1 aromatic rings. The molecule has 20 heavy (non-hydrogen) atoms. The maximum atomic E-state index is 6.36. The predicted octanol–water partition coefficient (Wildman–Crippen LogP) is 4.49. The van der Waals surface area contributed by atoms with Crippen LogP contribution in [0, 0.1) is 5.92 Å². The van der Waals surface area contributed by atoms with E-state index in [1.807, 2.05) is 13.1 Å². The zero-order valence-electron chi connectivity index (χ0n) is 12.3. The standard InChI is InChI=1S/C16H24BrClN2/c1-12-5-8-20(9-6-12)10-7-16(19-2)14-4-3-13(17)11-15(14)18/h3-4,11-12,16,19H,5-10H2,1-2H3. The van der Waals surface area contributed by atoms with Crippen molar-refractivity contribution >= 4 is 27.5 Å². The van der Waals surface area contributed by atoms with Gasteiger partial charge in [-0.3, -0.25) is 0 Å². The Kier molecular flexibility index (Phi) is 6.34. The van der Waals surface area contributed by atoms with Crippen molar-refractivity contribution < 1.29 is 0 Å². The molecule has 0 radical (unpaired) electrons. The minimum atomic E-state index is 0.329. The van der Waals surface area contributed by atoms with Crippen molar-refractivity contribution in [2.45, 2.75) is 32.2 Å². The SMILES string of the molecule is CNC(CCN1CCC(C)CC1)c1ccc(Br)cc1Cl. The largest absolute Gasteiger partial charge is 0.313 e. The number of halogens is 2. The lowest BCUT2D eigenvalue weighted by molar-refractivity contribution is 0.185. The molecule has 1 fully saturated rings. The molecular weight excluding hydrogens is 336 g/mol. The van der Waals surface area contributed by atoms with E-state index in [0.29, 0.717) is 6.04 Å². The molecule has 1 aliphatic heterocycles. The van der Waals surface area contributed by atoms with Gasteiger partial charge in [0.2, 0.25) is 0 Å². The number of piperidine rings is 1. The van der Waals surface area contributed by atoms with Crippen LogP contribution in [-0.4, -0.2) is 31.6 Å². The molecule has 4 heteroatoms. The summed E-state index contributed by atoms with van der Waals surface area (Å²) < 4.78 is 1.03. The third-order valence-corrected chi connectivity index (χ3v) is 5.12. The van der Waals surface area contributed by atoms with E-state index in [1.165, 1.54) is 31.5 Å². The highest BCUT2D eigenvalue weighted by molar-refractivity contribution is 9.10. The second kappa shape index (κ2) is 7.79. The first-order chi connectivity index (χ1) is 9.60. The number of hydrogen-bond acceptors (Lipinski definition) is 2. The van der Waals surface area contributed by atoms with Crippen LogP contribution in [-0.2, 0) is 0 Å². The molecule has 1 unspecified atom stereocenters. The maximum Gasteiger partial charge on any atom is 0.0465 e. The third kappa shape index (κ3) is 4.45. The van der Waals surface area contributed by atoms with Crippen LogP contribution in [0.2, 0.25) is 5.02 Å². The van der Waals surface area contributed by atoms with Crippen molar-refractivity contribution in [3.05, 3.63) is 33.3 Å². The Labute approximate surface area is 136 Å². The first-order valence-electron chi connectivity index (χ1n) is 7.44. The van der Waals surface area contributed by atoms with Gasteiger partial charge in [-0.15, -0.1) is 0 Å². The van der Waals surface area contributed by atoms with Gasteiger partial charge in [-0.1, -0.05) is 40.5 Å². The van der Waals surface area contributed by atoms with Crippen LogP contribution >= 0.6 is 27.5 Å². The van der Waals surface area contributed by atoms with E-state index in [-0.39, 0.29) is 0 Å². The first-order valence-corrected chi connectivity index (χ1v) is 8.62. The van der Waals surface area contributed by atoms with Gasteiger partial charge in [-0.05, 0) is 69.6 Å². The van der Waals surface area contributed by atoms with E-state index < -0.39 is 0 Å². The van der Waals surface area contributed by atoms with Crippen LogP contribution in [0.3, 0.4) is 0 Å².